The van der Waals surface area contributed by atoms with E-state index in [1.165, 1.54) is 30.3 Å². The molecule has 1 aliphatic heterocycles. The molecule has 2 N–H and O–H groups in total. The number of ether oxygens (including phenoxy) is 1. The van der Waals surface area contributed by atoms with E-state index >= 15 is 0 Å². The zero-order chi connectivity index (χ0) is 30.7. The minimum Gasteiger partial charge on any atom is -0.406 e. The second-order valence-corrected chi connectivity index (χ2v) is 13.7. The summed E-state index contributed by atoms with van der Waals surface area (Å²) >= 11 is 5.95. The van der Waals surface area contributed by atoms with Crippen molar-refractivity contribution in [3.05, 3.63) is 58.9 Å². The second kappa shape index (κ2) is 11.1. The smallest absolute Gasteiger partial charge is 0.406 e. The molecule has 43 heavy (non-hydrogen) atoms. The molecule has 4 aliphatic rings. The van der Waals surface area contributed by atoms with Crippen LogP contribution < -0.4 is 10.1 Å². The quantitative estimate of drug-likeness (QED) is 0.220. The zero-order valence-corrected chi connectivity index (χ0v) is 25.1. The molecule has 2 amide bonds. The minimum absolute atomic E-state index is 0.0855. The molecule has 6 nitrogen and oxygen atoms in total. The summed E-state index contributed by atoms with van der Waals surface area (Å²) in [5.74, 6) is 0.457. The van der Waals surface area contributed by atoms with Crippen LogP contribution in [0.25, 0.3) is 0 Å². The molecule has 3 aliphatic carbocycles. The van der Waals surface area contributed by atoms with Crippen molar-refractivity contribution in [3.63, 3.8) is 0 Å². The number of halogens is 5. The third kappa shape index (κ3) is 5.82. The molecule has 234 valence electrons. The molecule has 6 atom stereocenters. The molecule has 0 radical (unpaired) electrons. The number of rotatable bonds is 10. The number of alkyl halides is 3. The van der Waals surface area contributed by atoms with Gasteiger partial charge in [-0.15, -0.1) is 13.2 Å². The molecular formula is C32H38ClF4N3O3. The molecule has 0 bridgehead atoms. The molecule has 1 saturated heterocycles. The van der Waals surface area contributed by atoms with E-state index in [0.717, 1.165) is 50.8 Å². The number of hydrogen-bond acceptors (Lipinski definition) is 4. The summed E-state index contributed by atoms with van der Waals surface area (Å²) in [6, 6.07) is 10.0. The summed E-state index contributed by atoms with van der Waals surface area (Å²) < 4.78 is 56.5. The Kier molecular flexibility index (Phi) is 7.87. The summed E-state index contributed by atoms with van der Waals surface area (Å²) in [5, 5.41) is 12.8. The fourth-order valence-electron chi connectivity index (χ4n) is 8.37. The van der Waals surface area contributed by atoms with Crippen LogP contribution in [-0.4, -0.2) is 65.6 Å². The van der Waals surface area contributed by atoms with Gasteiger partial charge < -0.3 is 20.1 Å². The van der Waals surface area contributed by atoms with Gasteiger partial charge in [-0.05, 0) is 97.7 Å². The van der Waals surface area contributed by atoms with Crippen molar-refractivity contribution in [2.75, 3.05) is 31.6 Å². The van der Waals surface area contributed by atoms with Crippen LogP contribution >= 0.6 is 11.6 Å². The van der Waals surface area contributed by atoms with Crippen molar-refractivity contribution < 1.29 is 32.2 Å². The van der Waals surface area contributed by atoms with Crippen LogP contribution in [0.15, 0.2) is 42.5 Å². The first-order valence-electron chi connectivity index (χ1n) is 15.1. The lowest BCUT2D eigenvalue weighted by Gasteiger charge is -2.32. The fraction of sp³-hybridized carbons (Fsp3) is 0.594. The monoisotopic (exact) mass is 623 g/mol. The summed E-state index contributed by atoms with van der Waals surface area (Å²) in [7, 11) is 0. The number of piperidine rings is 1. The first kappa shape index (κ1) is 30.5. The molecule has 11 heteroatoms. The van der Waals surface area contributed by atoms with Gasteiger partial charge in [0.25, 0.3) is 0 Å². The molecule has 6 rings (SSSR count). The maximum absolute atomic E-state index is 13.7. The van der Waals surface area contributed by atoms with E-state index in [9.17, 15) is 27.5 Å². The first-order valence-corrected chi connectivity index (χ1v) is 15.5. The van der Waals surface area contributed by atoms with E-state index in [2.05, 4.69) is 28.8 Å². The standard InChI is InChI=1S/C32H38ClF4N3O3/c1-30(2)23-17-39(27(18-41)28(23)30)12-3-4-13-40(29(42)38-20-8-9-25(34)24(33)15-20)26-10-11-31(16-22(26)31)19-6-5-7-21(14-19)43-32(35,36)37/h5-9,14-15,22-23,26-28,41H,3-4,10-13,16-18H2,1-2H3,(H,38,42)/t22-,23+,26-,27-,28+,31-/m1/s1. The largest absolute Gasteiger partial charge is 0.573 e. The lowest BCUT2D eigenvalue weighted by Crippen LogP contribution is -2.44. The van der Waals surface area contributed by atoms with Crippen LogP contribution in [0.2, 0.25) is 5.02 Å². The van der Waals surface area contributed by atoms with Crippen LogP contribution in [0.1, 0.15) is 51.5 Å². The molecule has 0 unspecified atom stereocenters. The van der Waals surface area contributed by atoms with Gasteiger partial charge in [-0.1, -0.05) is 37.6 Å². The van der Waals surface area contributed by atoms with E-state index < -0.39 is 12.2 Å². The third-order valence-electron chi connectivity index (χ3n) is 10.7. The number of nitrogens with zero attached hydrogens (tertiary/aromatic N) is 2. The molecule has 0 spiro atoms. The van der Waals surface area contributed by atoms with Crippen LogP contribution in [0.5, 0.6) is 5.75 Å². The predicted molar refractivity (Wildman–Crippen MR) is 156 cm³/mol. The predicted octanol–water partition coefficient (Wildman–Crippen LogP) is 7.06. The van der Waals surface area contributed by atoms with Gasteiger partial charge in [0.15, 0.2) is 0 Å². The van der Waals surface area contributed by atoms with Crippen molar-refractivity contribution in [3.8, 4) is 5.75 Å². The van der Waals surface area contributed by atoms with Gasteiger partial charge >= 0.3 is 12.4 Å². The number of anilines is 1. The Morgan fingerprint density at radius 3 is 2.67 bits per heavy atom. The number of aliphatic hydroxyl groups excluding tert-OH is 1. The number of carbonyl (C=O) groups excluding carboxylic acids is 1. The number of urea groups is 1. The SMILES string of the molecule is CC1(C)[C@@H]2[C@@H](CO)N(CCCCN(C(=O)Nc3ccc(F)c(Cl)c3)[C@@H]3CC[C@]4(c5cccc(OC(F)(F)F)c5)C[C@H]34)C[C@@H]21. The number of fused-ring (bicyclic) bond motifs is 2. The molecular weight excluding hydrogens is 586 g/mol. The topological polar surface area (TPSA) is 65.0 Å². The van der Waals surface area contributed by atoms with Crippen molar-refractivity contribution >= 4 is 23.3 Å². The normalized spacial score (nSPS) is 30.5. The van der Waals surface area contributed by atoms with Crippen molar-refractivity contribution in [2.45, 2.75) is 69.8 Å². The Balaban J connectivity index is 1.13. The average molecular weight is 624 g/mol. The Morgan fingerprint density at radius 2 is 1.98 bits per heavy atom. The number of amides is 2. The Bertz CT molecular complexity index is 1370. The van der Waals surface area contributed by atoms with Crippen LogP contribution in [0.4, 0.5) is 28.0 Å². The highest BCUT2D eigenvalue weighted by Crippen LogP contribution is 2.66. The number of benzene rings is 2. The number of hydrogen-bond donors (Lipinski definition) is 2. The summed E-state index contributed by atoms with van der Waals surface area (Å²) in [5.41, 5.74) is 1.20. The summed E-state index contributed by atoms with van der Waals surface area (Å²) in [4.78, 5) is 17.9. The highest BCUT2D eigenvalue weighted by molar-refractivity contribution is 6.31. The average Bonchev–Trinajstić information content (AvgIpc) is 3.63. The van der Waals surface area contributed by atoms with Crippen molar-refractivity contribution in [1.29, 1.82) is 0 Å². The minimum atomic E-state index is -4.77. The summed E-state index contributed by atoms with van der Waals surface area (Å²) in [6.45, 7) is 7.04. The van der Waals surface area contributed by atoms with Crippen LogP contribution in [0, 0.1) is 29.0 Å². The van der Waals surface area contributed by atoms with E-state index in [4.69, 9.17) is 11.6 Å². The van der Waals surface area contributed by atoms with E-state index in [1.54, 1.807) is 6.07 Å². The number of unbranched alkanes of at least 4 members (excludes halogenated alkanes) is 1. The van der Waals surface area contributed by atoms with Gasteiger partial charge in [0, 0.05) is 36.3 Å². The molecule has 3 saturated carbocycles. The molecule has 2 aromatic carbocycles. The molecule has 1 heterocycles. The number of nitrogens with one attached hydrogen (secondary N) is 1. The maximum Gasteiger partial charge on any atom is 0.573 e. The van der Waals surface area contributed by atoms with E-state index in [-0.39, 0.29) is 46.8 Å². The number of carbonyl (C=O) groups is 1. The second-order valence-electron chi connectivity index (χ2n) is 13.3. The van der Waals surface area contributed by atoms with E-state index in [1.807, 2.05) is 11.0 Å². The lowest BCUT2D eigenvalue weighted by atomic mass is 9.93. The Labute approximate surface area is 254 Å². The van der Waals surface area contributed by atoms with Gasteiger partial charge in [-0.25, -0.2) is 9.18 Å². The zero-order valence-electron chi connectivity index (χ0n) is 24.3. The third-order valence-corrected chi connectivity index (χ3v) is 11.0. The van der Waals surface area contributed by atoms with Gasteiger partial charge in [-0.2, -0.15) is 0 Å². The first-order chi connectivity index (χ1) is 20.3. The highest BCUT2D eigenvalue weighted by atomic mass is 35.5. The Morgan fingerprint density at radius 1 is 1.19 bits per heavy atom. The molecule has 0 aromatic heterocycles. The van der Waals surface area contributed by atoms with Crippen LogP contribution in [-0.2, 0) is 5.41 Å². The van der Waals surface area contributed by atoms with E-state index in [0.29, 0.717) is 29.5 Å². The molecule has 4 fully saturated rings. The van der Waals surface area contributed by atoms with Gasteiger partial charge in [0.05, 0.1) is 11.6 Å². The Hall–Kier alpha value is -2.56. The number of aliphatic hydroxyl groups is 1. The van der Waals surface area contributed by atoms with Gasteiger partial charge in [0.1, 0.15) is 11.6 Å². The van der Waals surface area contributed by atoms with Gasteiger partial charge in [-0.3, -0.25) is 4.90 Å². The van der Waals surface area contributed by atoms with Crippen molar-refractivity contribution in [1.82, 2.24) is 9.80 Å². The highest BCUT2D eigenvalue weighted by Gasteiger charge is 2.66. The lowest BCUT2D eigenvalue weighted by molar-refractivity contribution is -0.274. The van der Waals surface area contributed by atoms with Gasteiger partial charge in [0.2, 0.25) is 0 Å². The maximum atomic E-state index is 13.7. The fourth-order valence-corrected chi connectivity index (χ4v) is 8.55. The van der Waals surface area contributed by atoms with Crippen molar-refractivity contribution in [2.24, 2.45) is 23.2 Å². The number of likely N-dealkylation sites (tertiary alicyclic amines) is 1. The molecule has 2 aromatic rings. The van der Waals surface area contributed by atoms with Crippen LogP contribution in [0.3, 0.4) is 0 Å². The summed E-state index contributed by atoms with van der Waals surface area (Å²) in [6.07, 6.45) is -0.876.